The Balaban J connectivity index is 1.20. The van der Waals surface area contributed by atoms with E-state index in [2.05, 4.69) is 54.3 Å². The number of phenolic OH excluding ortho intramolecular Hbond substituents is 1. The van der Waals surface area contributed by atoms with Crippen molar-refractivity contribution in [2.75, 3.05) is 40.5 Å². The minimum Gasteiger partial charge on any atom is -0.508 e. The van der Waals surface area contributed by atoms with Crippen molar-refractivity contribution in [2.45, 2.75) is 110 Å². The second kappa shape index (κ2) is 18.7. The third-order valence-corrected chi connectivity index (χ3v) is 13.8. The molecule has 0 unspecified atom stereocenters. The molecule has 0 aliphatic carbocycles. The zero-order chi connectivity index (χ0) is 47.2. The van der Waals surface area contributed by atoms with E-state index < -0.39 is 59.4 Å². The molecular weight excluding hydrogens is 843 g/mol. The fourth-order valence-corrected chi connectivity index (χ4v) is 10.5. The summed E-state index contributed by atoms with van der Waals surface area (Å²) in [5.74, 6) is -2.68. The number of hydrogen-bond acceptors (Lipinski definition) is 11. The second-order valence-electron chi connectivity index (χ2n) is 19.4. The molecule has 6 bridgehead atoms. The number of aromatic nitrogens is 2. The maximum Gasteiger partial charge on any atom is 0.410 e. The SMILES string of the molecule is CCn1c(-c2cccnc2[C@H](C)OC)c2c3cc(ccc31)-c1cc(O)cc(c1)C[C@H](NC(=O)[C@H](C(C)C)N(C)C(=O)[C@H]1CCN3C(=O)OC[C@H]13)C(=O)N1CCC[C@H](N1)C(=O)OCC(C)(C)C2. The van der Waals surface area contributed by atoms with Crippen molar-refractivity contribution in [2.24, 2.45) is 17.3 Å². The Hall–Kier alpha value is -6.00. The lowest BCUT2D eigenvalue weighted by Gasteiger charge is -2.37. The second-order valence-corrected chi connectivity index (χ2v) is 19.4. The van der Waals surface area contributed by atoms with E-state index in [0.29, 0.717) is 49.9 Å². The molecule has 16 nitrogen and oxygen atoms in total. The normalized spacial score (nSPS) is 23.0. The molecule has 2 aromatic heterocycles. The van der Waals surface area contributed by atoms with Gasteiger partial charge in [0.05, 0.1) is 36.1 Å². The minimum absolute atomic E-state index is 0.0134. The number of amides is 4. The first-order chi connectivity index (χ1) is 31.5. The number of nitrogens with one attached hydrogen (secondary N) is 2. The van der Waals surface area contributed by atoms with Gasteiger partial charge in [-0.15, -0.1) is 0 Å². The molecule has 0 saturated carbocycles. The van der Waals surface area contributed by atoms with Crippen molar-refractivity contribution in [3.05, 3.63) is 71.5 Å². The van der Waals surface area contributed by atoms with Crippen molar-refractivity contribution < 1.29 is 43.3 Å². The van der Waals surface area contributed by atoms with E-state index in [1.54, 1.807) is 37.4 Å². The number of phenols is 1. The Kier molecular flexibility index (Phi) is 13.2. The standard InChI is InChI=1S/C50H63N7O9/c1-9-55-40-15-14-31-24-36(40)37(44(55)35-12-10-17-51-42(35)29(4)64-8)25-50(5,6)27-66-48(62)38-13-11-18-57(53-38)47(61)39(22-30-20-32(31)23-33(58)21-30)52-45(59)43(28(2)3)54(7)46(60)34-16-19-56-41(34)26-65-49(56)63/h10,12,14-15,17,20-21,23-24,28-29,34,38-39,41,43,53,58H,9,11,13,16,18-19,22,25-27H2,1-8H3,(H,52,59)/t29-,34-,38-,39-,41+,43-/m0/s1. The van der Waals surface area contributed by atoms with Crippen LogP contribution < -0.4 is 10.7 Å². The van der Waals surface area contributed by atoms with Crippen molar-refractivity contribution in [3.8, 4) is 28.1 Å². The number of pyridine rings is 1. The number of nitrogens with zero attached hydrogens (tertiary/aromatic N) is 5. The molecule has 3 fully saturated rings. The van der Waals surface area contributed by atoms with Crippen molar-refractivity contribution >= 4 is 40.7 Å². The van der Waals surface area contributed by atoms with Crippen LogP contribution in [0.25, 0.3) is 33.3 Å². The number of carbonyl (C=O) groups excluding carboxylic acids is 5. The predicted octanol–water partition coefficient (Wildman–Crippen LogP) is 5.78. The molecule has 8 rings (SSSR count). The molecule has 352 valence electrons. The molecular formula is C50H63N7O9. The number of hydrogen-bond donors (Lipinski definition) is 3. The molecule has 3 saturated heterocycles. The van der Waals surface area contributed by atoms with Gasteiger partial charge in [-0.1, -0.05) is 39.8 Å². The Morgan fingerprint density at radius 3 is 2.58 bits per heavy atom. The zero-order valence-corrected chi connectivity index (χ0v) is 39.3. The number of likely N-dealkylation sites (N-methyl/N-ethyl adjacent to an activating group) is 1. The Bertz CT molecular complexity index is 2540. The Labute approximate surface area is 385 Å². The summed E-state index contributed by atoms with van der Waals surface area (Å²) in [6.07, 6.45) is 2.97. The van der Waals surface area contributed by atoms with Gasteiger partial charge in [0.2, 0.25) is 11.8 Å². The van der Waals surface area contributed by atoms with Gasteiger partial charge in [0.15, 0.2) is 0 Å². The summed E-state index contributed by atoms with van der Waals surface area (Å²) >= 11 is 0. The number of cyclic esters (lactones) is 2. The van der Waals surface area contributed by atoms with Gasteiger partial charge >= 0.3 is 12.1 Å². The molecule has 2 aromatic carbocycles. The molecule has 6 heterocycles. The number of esters is 1. The van der Waals surface area contributed by atoms with Crippen molar-refractivity contribution in [1.82, 2.24) is 35.1 Å². The first kappa shape index (κ1) is 46.5. The van der Waals surface area contributed by atoms with Gasteiger partial charge in [-0.2, -0.15) is 0 Å². The summed E-state index contributed by atoms with van der Waals surface area (Å²) < 4.78 is 19.4. The molecule has 6 atom stereocenters. The number of benzene rings is 2. The van der Waals surface area contributed by atoms with Gasteiger partial charge in [-0.3, -0.25) is 29.2 Å². The number of rotatable bonds is 9. The average molecular weight is 906 g/mol. The fraction of sp³-hybridized carbons (Fsp3) is 0.520. The average Bonchev–Trinajstić information content (AvgIpc) is 3.98. The Morgan fingerprint density at radius 2 is 1.83 bits per heavy atom. The lowest BCUT2D eigenvalue weighted by atomic mass is 9.84. The van der Waals surface area contributed by atoms with E-state index in [0.717, 1.165) is 39.0 Å². The van der Waals surface area contributed by atoms with Crippen LogP contribution >= 0.6 is 0 Å². The monoisotopic (exact) mass is 905 g/mol. The summed E-state index contributed by atoms with van der Waals surface area (Å²) in [5.41, 5.74) is 9.52. The number of aryl methyl sites for hydroxylation is 1. The third-order valence-electron chi connectivity index (χ3n) is 13.8. The number of aromatic hydroxyl groups is 1. The van der Waals surface area contributed by atoms with E-state index in [4.69, 9.17) is 19.2 Å². The molecule has 4 amide bonds. The van der Waals surface area contributed by atoms with E-state index in [1.807, 2.05) is 39.0 Å². The highest BCUT2D eigenvalue weighted by Crippen LogP contribution is 2.42. The van der Waals surface area contributed by atoms with Crippen LogP contribution in [0.1, 0.15) is 83.7 Å². The summed E-state index contributed by atoms with van der Waals surface area (Å²) in [7, 11) is 3.25. The molecule has 66 heavy (non-hydrogen) atoms. The number of methoxy groups -OCH3 is 1. The van der Waals surface area contributed by atoms with Crippen LogP contribution in [0.4, 0.5) is 4.79 Å². The van der Waals surface area contributed by atoms with E-state index in [9.17, 15) is 29.1 Å². The summed E-state index contributed by atoms with van der Waals surface area (Å²) in [5, 5.41) is 16.7. The number of hydrazine groups is 1. The van der Waals surface area contributed by atoms with Gasteiger partial charge in [-0.25, -0.2) is 10.2 Å². The van der Waals surface area contributed by atoms with E-state index in [1.165, 1.54) is 9.91 Å². The summed E-state index contributed by atoms with van der Waals surface area (Å²) in [6, 6.07) is 12.1. The molecule has 3 N–H and O–H groups in total. The molecule has 4 aliphatic rings. The van der Waals surface area contributed by atoms with Gasteiger partial charge in [0.1, 0.15) is 30.5 Å². The molecule has 0 radical (unpaired) electrons. The maximum absolute atomic E-state index is 14.7. The third kappa shape index (κ3) is 8.96. The van der Waals surface area contributed by atoms with Crippen LogP contribution in [0.2, 0.25) is 0 Å². The van der Waals surface area contributed by atoms with Crippen LogP contribution in [0.5, 0.6) is 5.75 Å². The molecule has 0 spiro atoms. The van der Waals surface area contributed by atoms with Gasteiger partial charge in [-0.05, 0) is 104 Å². The largest absolute Gasteiger partial charge is 0.508 e. The fourth-order valence-electron chi connectivity index (χ4n) is 10.5. The zero-order valence-electron chi connectivity index (χ0n) is 39.3. The van der Waals surface area contributed by atoms with Crippen LogP contribution in [-0.4, -0.2) is 124 Å². The lowest BCUT2D eigenvalue weighted by Crippen LogP contribution is -2.62. The van der Waals surface area contributed by atoms with Crippen LogP contribution in [0.3, 0.4) is 0 Å². The van der Waals surface area contributed by atoms with E-state index in [-0.39, 0.29) is 49.9 Å². The van der Waals surface area contributed by atoms with Crippen LogP contribution in [0.15, 0.2) is 54.7 Å². The topological polar surface area (TPSA) is 185 Å². The quantitative estimate of drug-likeness (QED) is 0.173. The highest BCUT2D eigenvalue weighted by atomic mass is 16.6. The Morgan fingerprint density at radius 1 is 1.05 bits per heavy atom. The van der Waals surface area contributed by atoms with Crippen molar-refractivity contribution in [3.63, 3.8) is 0 Å². The summed E-state index contributed by atoms with van der Waals surface area (Å²) in [4.78, 5) is 77.3. The number of fused-ring (bicyclic) bond motifs is 7. The maximum atomic E-state index is 14.7. The van der Waals surface area contributed by atoms with Crippen LogP contribution in [0, 0.1) is 17.3 Å². The van der Waals surface area contributed by atoms with Gasteiger partial charge in [0, 0.05) is 68.3 Å². The minimum atomic E-state index is -1.17. The first-order valence-electron chi connectivity index (χ1n) is 23.2. The summed E-state index contributed by atoms with van der Waals surface area (Å²) in [6.45, 7) is 13.5. The lowest BCUT2D eigenvalue weighted by molar-refractivity contribution is -0.155. The molecule has 4 aliphatic heterocycles. The van der Waals surface area contributed by atoms with Gasteiger partial charge < -0.3 is 39.0 Å². The number of ether oxygens (including phenoxy) is 3. The van der Waals surface area contributed by atoms with Crippen molar-refractivity contribution in [1.29, 1.82) is 0 Å². The molecule has 16 heteroatoms. The molecule has 4 aromatic rings. The van der Waals surface area contributed by atoms with Gasteiger partial charge in [0.25, 0.3) is 5.91 Å². The number of carbonyl (C=O) groups is 5. The van der Waals surface area contributed by atoms with Crippen LogP contribution in [-0.2, 0) is 52.8 Å². The predicted molar refractivity (Wildman–Crippen MR) is 247 cm³/mol. The van der Waals surface area contributed by atoms with E-state index >= 15 is 0 Å². The first-order valence-corrected chi connectivity index (χ1v) is 23.2. The smallest absolute Gasteiger partial charge is 0.410 e. The highest BCUT2D eigenvalue weighted by molar-refractivity contribution is 5.96. The highest BCUT2D eigenvalue weighted by Gasteiger charge is 2.49.